The number of ether oxygens (including phenoxy) is 1. The van der Waals surface area contributed by atoms with E-state index < -0.39 is 48.1 Å². The number of rotatable bonds is 10. The van der Waals surface area contributed by atoms with E-state index in [2.05, 4.69) is 13.2 Å². The number of fused-ring (bicyclic) bond motifs is 1. The Morgan fingerprint density at radius 2 is 1.80 bits per heavy atom. The molecule has 5 rings (SSSR count). The van der Waals surface area contributed by atoms with E-state index >= 15 is 0 Å². The lowest BCUT2D eigenvalue weighted by atomic mass is 9.70. The number of para-hydroxylation sites is 1. The average molecular weight is 564 g/mol. The lowest BCUT2D eigenvalue weighted by Gasteiger charge is -2.39. The molecular weight excluding hydrogens is 530 g/mol. The number of amides is 3. The first-order valence-corrected chi connectivity index (χ1v) is 13.9. The molecule has 8 nitrogen and oxygen atoms in total. The molecule has 3 saturated heterocycles. The summed E-state index contributed by atoms with van der Waals surface area (Å²) >= 11 is 6.54. The average Bonchev–Trinajstić information content (AvgIpc) is 3.60. The largest absolute Gasteiger partial charge is 0.394 e. The van der Waals surface area contributed by atoms with Crippen molar-refractivity contribution >= 4 is 35.0 Å². The molecule has 2 aromatic carbocycles. The molecule has 40 heavy (non-hydrogen) atoms. The van der Waals surface area contributed by atoms with Gasteiger partial charge in [-0.3, -0.25) is 14.4 Å². The predicted octanol–water partition coefficient (Wildman–Crippen LogP) is 3.61. The van der Waals surface area contributed by atoms with Crippen molar-refractivity contribution in [2.75, 3.05) is 31.6 Å². The second-order valence-electron chi connectivity index (χ2n) is 10.6. The normalized spacial score (nSPS) is 27.3. The van der Waals surface area contributed by atoms with Crippen LogP contribution in [-0.4, -0.2) is 77.1 Å². The number of aliphatic hydroxyl groups excluding tert-OH is 1. The van der Waals surface area contributed by atoms with Crippen LogP contribution in [0.1, 0.15) is 24.4 Å². The summed E-state index contributed by atoms with van der Waals surface area (Å²) in [5.41, 5.74) is -0.0638. The third-order valence-corrected chi connectivity index (χ3v) is 8.77. The molecule has 0 aromatic heterocycles. The van der Waals surface area contributed by atoms with E-state index in [4.69, 9.17) is 16.3 Å². The zero-order valence-electron chi connectivity index (χ0n) is 22.5. The lowest BCUT2D eigenvalue weighted by Crippen LogP contribution is -2.57. The number of carbonyl (C=O) groups excluding carboxylic acids is 3. The first-order valence-electron chi connectivity index (χ1n) is 13.5. The van der Waals surface area contributed by atoms with Gasteiger partial charge in [0.2, 0.25) is 11.8 Å². The maximum Gasteiger partial charge on any atom is 0.253 e. The van der Waals surface area contributed by atoms with Crippen LogP contribution in [0.2, 0.25) is 5.02 Å². The van der Waals surface area contributed by atoms with E-state index in [0.29, 0.717) is 35.7 Å². The van der Waals surface area contributed by atoms with Crippen LogP contribution in [0.15, 0.2) is 79.9 Å². The maximum atomic E-state index is 14.7. The van der Waals surface area contributed by atoms with Gasteiger partial charge in [0.15, 0.2) is 0 Å². The molecule has 3 aliphatic rings. The summed E-state index contributed by atoms with van der Waals surface area (Å²) in [4.78, 5) is 47.3. The summed E-state index contributed by atoms with van der Waals surface area (Å²) < 4.78 is 6.58. The molecule has 1 spiro atoms. The highest BCUT2D eigenvalue weighted by Gasteiger charge is 2.75. The Hall–Kier alpha value is -3.46. The number of hydrogen-bond donors (Lipinski definition) is 1. The molecule has 9 heteroatoms. The van der Waals surface area contributed by atoms with Crippen LogP contribution >= 0.6 is 11.6 Å². The summed E-state index contributed by atoms with van der Waals surface area (Å²) in [6, 6.07) is 14.2. The molecule has 210 valence electrons. The van der Waals surface area contributed by atoms with Crippen molar-refractivity contribution in [3.8, 4) is 0 Å². The summed E-state index contributed by atoms with van der Waals surface area (Å²) in [6.07, 6.45) is 3.73. The minimum atomic E-state index is -1.23. The fourth-order valence-corrected chi connectivity index (χ4v) is 7.05. The highest BCUT2D eigenvalue weighted by Crippen LogP contribution is 2.60. The molecule has 3 heterocycles. The Balaban J connectivity index is 1.65. The van der Waals surface area contributed by atoms with Crippen LogP contribution < -0.4 is 4.90 Å². The second kappa shape index (κ2) is 11.2. The van der Waals surface area contributed by atoms with Gasteiger partial charge < -0.3 is 24.5 Å². The van der Waals surface area contributed by atoms with Gasteiger partial charge in [-0.25, -0.2) is 0 Å². The molecule has 2 aromatic rings. The Morgan fingerprint density at radius 1 is 1.12 bits per heavy atom. The van der Waals surface area contributed by atoms with Crippen molar-refractivity contribution in [1.29, 1.82) is 0 Å². The lowest BCUT2D eigenvalue weighted by molar-refractivity contribution is -0.147. The number of nitrogens with zero attached hydrogens (tertiary/aromatic N) is 3. The van der Waals surface area contributed by atoms with Crippen molar-refractivity contribution < 1.29 is 24.2 Å². The third-order valence-electron chi connectivity index (χ3n) is 8.45. The van der Waals surface area contributed by atoms with E-state index in [9.17, 15) is 19.5 Å². The topological polar surface area (TPSA) is 90.4 Å². The van der Waals surface area contributed by atoms with E-state index in [-0.39, 0.29) is 18.4 Å². The number of carbonyl (C=O) groups is 3. The molecule has 2 unspecified atom stereocenters. The molecule has 1 N–H and O–H groups in total. The zero-order valence-corrected chi connectivity index (χ0v) is 23.2. The highest BCUT2D eigenvalue weighted by molar-refractivity contribution is 6.34. The monoisotopic (exact) mass is 563 g/mol. The molecular formula is C31H34ClN3O5. The minimum Gasteiger partial charge on any atom is -0.394 e. The predicted molar refractivity (Wildman–Crippen MR) is 153 cm³/mol. The maximum absolute atomic E-state index is 14.7. The molecule has 6 atom stereocenters. The highest BCUT2D eigenvalue weighted by atomic mass is 35.5. The van der Waals surface area contributed by atoms with E-state index in [1.165, 1.54) is 14.7 Å². The molecule has 0 aliphatic carbocycles. The Kier molecular flexibility index (Phi) is 7.86. The van der Waals surface area contributed by atoms with Gasteiger partial charge in [-0.05, 0) is 30.5 Å². The molecule has 3 aliphatic heterocycles. The summed E-state index contributed by atoms with van der Waals surface area (Å²) in [7, 11) is 1.67. The van der Waals surface area contributed by atoms with Gasteiger partial charge in [-0.2, -0.15) is 0 Å². The van der Waals surface area contributed by atoms with Crippen LogP contribution in [-0.2, 0) is 19.1 Å². The van der Waals surface area contributed by atoms with E-state index in [1.54, 1.807) is 43.5 Å². The fourth-order valence-electron chi connectivity index (χ4n) is 6.81. The Bertz CT molecular complexity index is 1320. The number of halogens is 1. The summed E-state index contributed by atoms with van der Waals surface area (Å²) in [5, 5.41) is 11.0. The Morgan fingerprint density at radius 3 is 2.45 bits per heavy atom. The van der Waals surface area contributed by atoms with Crippen molar-refractivity contribution in [3.63, 3.8) is 0 Å². The molecule has 3 fully saturated rings. The first kappa shape index (κ1) is 28.1. The molecule has 0 saturated carbocycles. The number of benzene rings is 2. The summed E-state index contributed by atoms with van der Waals surface area (Å²) in [6.45, 7) is 7.62. The minimum absolute atomic E-state index is 0.144. The van der Waals surface area contributed by atoms with Crippen molar-refractivity contribution in [3.05, 3.63) is 90.5 Å². The third kappa shape index (κ3) is 4.35. The van der Waals surface area contributed by atoms with Crippen molar-refractivity contribution in [2.24, 2.45) is 11.8 Å². The van der Waals surface area contributed by atoms with Gasteiger partial charge in [0.1, 0.15) is 11.6 Å². The molecule has 0 radical (unpaired) electrons. The summed E-state index contributed by atoms with van der Waals surface area (Å²) in [5.74, 6) is -2.59. The van der Waals surface area contributed by atoms with Gasteiger partial charge in [-0.1, -0.05) is 66.2 Å². The van der Waals surface area contributed by atoms with Crippen LogP contribution in [0.3, 0.4) is 0 Å². The molecule has 3 amide bonds. The van der Waals surface area contributed by atoms with E-state index in [0.717, 1.165) is 0 Å². The van der Waals surface area contributed by atoms with Gasteiger partial charge in [0, 0.05) is 20.1 Å². The fraction of sp³-hybridized carbons (Fsp3) is 0.387. The number of hydrogen-bond acceptors (Lipinski definition) is 5. The number of anilines is 1. The van der Waals surface area contributed by atoms with Gasteiger partial charge >= 0.3 is 0 Å². The van der Waals surface area contributed by atoms with Gasteiger partial charge in [0.05, 0.1) is 41.3 Å². The van der Waals surface area contributed by atoms with Crippen molar-refractivity contribution in [1.82, 2.24) is 9.80 Å². The number of aliphatic hydroxyl groups is 1. The van der Waals surface area contributed by atoms with Crippen LogP contribution in [0.4, 0.5) is 5.69 Å². The SMILES string of the molecule is C=CCN(C)C(=O)[C@@H]1[C@H]2C(=O)N([C@H](CO)c3ccccc3)C(C(=O)N(CC=C)c3ccccc3Cl)C23CC[C@H]1O3. The van der Waals surface area contributed by atoms with Crippen LogP contribution in [0, 0.1) is 11.8 Å². The second-order valence-corrected chi connectivity index (χ2v) is 11.0. The standard InChI is InChI=1S/C31H34ClN3O5/c1-4-17-33(3)28(37)25-24-15-16-31(40-24)26(25)29(38)35(23(19-36)20-11-7-6-8-12-20)27(31)30(39)34(18-5-2)22-14-10-9-13-21(22)32/h4-14,23-27,36H,1-2,15-19H2,3H3/t23-,24-,25+,26+,27?,31?/m1/s1. The quantitative estimate of drug-likeness (QED) is 0.446. The van der Waals surface area contributed by atoms with Crippen LogP contribution in [0.25, 0.3) is 0 Å². The zero-order chi connectivity index (χ0) is 28.6. The van der Waals surface area contributed by atoms with Gasteiger partial charge in [0.25, 0.3) is 5.91 Å². The van der Waals surface area contributed by atoms with E-state index in [1.807, 2.05) is 30.3 Å². The number of likely N-dealkylation sites (tertiary alicyclic amines) is 1. The van der Waals surface area contributed by atoms with Crippen LogP contribution in [0.5, 0.6) is 0 Å². The smallest absolute Gasteiger partial charge is 0.253 e. The molecule has 2 bridgehead atoms. The van der Waals surface area contributed by atoms with Crippen molar-refractivity contribution in [2.45, 2.75) is 36.6 Å². The van der Waals surface area contributed by atoms with Gasteiger partial charge in [-0.15, -0.1) is 13.2 Å². The Labute approximate surface area is 239 Å². The number of likely N-dealkylation sites (N-methyl/N-ethyl adjacent to an activating group) is 1. The first-order chi connectivity index (χ1) is 19.3.